The summed E-state index contributed by atoms with van der Waals surface area (Å²) >= 11 is 0. The Balaban J connectivity index is 1.48. The second-order valence-electron chi connectivity index (χ2n) is 6.25. The van der Waals surface area contributed by atoms with Crippen molar-refractivity contribution in [1.82, 2.24) is 20.2 Å². The van der Waals surface area contributed by atoms with Crippen LogP contribution in [0.1, 0.15) is 29.6 Å². The number of pyridine rings is 1. The van der Waals surface area contributed by atoms with Crippen molar-refractivity contribution in [1.29, 1.82) is 0 Å². The molecule has 110 valence electrons. The molecule has 5 nitrogen and oxygen atoms in total. The van der Waals surface area contributed by atoms with Gasteiger partial charge in [0, 0.05) is 12.2 Å². The summed E-state index contributed by atoms with van der Waals surface area (Å²) < 4.78 is 1.74. The number of aromatic nitrogens is 2. The molecule has 2 aliphatic rings. The summed E-state index contributed by atoms with van der Waals surface area (Å²) in [5, 5.41) is 10.9. The number of hydrogen-bond acceptors (Lipinski definition) is 3. The summed E-state index contributed by atoms with van der Waals surface area (Å²) in [4.78, 5) is 12.5. The predicted octanol–water partition coefficient (Wildman–Crippen LogP) is 1.45. The van der Waals surface area contributed by atoms with Gasteiger partial charge in [0.15, 0.2) is 0 Å². The van der Waals surface area contributed by atoms with Gasteiger partial charge in [-0.15, -0.1) is 0 Å². The molecule has 0 aromatic carbocycles. The van der Waals surface area contributed by atoms with Crippen LogP contribution in [-0.2, 0) is 0 Å². The molecule has 2 fully saturated rings. The highest BCUT2D eigenvalue weighted by molar-refractivity contribution is 6.00. The lowest BCUT2D eigenvalue weighted by molar-refractivity contribution is 0.0915. The van der Waals surface area contributed by atoms with Crippen molar-refractivity contribution in [3.05, 3.63) is 36.2 Å². The van der Waals surface area contributed by atoms with E-state index >= 15 is 0 Å². The quantitative estimate of drug-likeness (QED) is 0.877. The van der Waals surface area contributed by atoms with E-state index in [9.17, 15) is 4.79 Å². The fourth-order valence-corrected chi connectivity index (χ4v) is 3.80. The lowest BCUT2D eigenvalue weighted by atomic mass is 9.79. The van der Waals surface area contributed by atoms with Crippen molar-refractivity contribution < 1.29 is 4.79 Å². The van der Waals surface area contributed by atoms with E-state index in [0.29, 0.717) is 11.6 Å². The Kier molecular flexibility index (Phi) is 3.15. The number of fused-ring (bicyclic) bond motifs is 2. The van der Waals surface area contributed by atoms with Crippen LogP contribution in [0.3, 0.4) is 0 Å². The SMILES string of the molecule is O=C(NC1CC[C@H]2CNC[C@H]2C1)c1cnn2ccccc12. The predicted molar refractivity (Wildman–Crippen MR) is 80.1 cm³/mol. The first kappa shape index (κ1) is 12.8. The number of nitrogens with one attached hydrogen (secondary N) is 2. The van der Waals surface area contributed by atoms with Gasteiger partial charge in [0.05, 0.1) is 17.3 Å². The molecule has 0 bridgehead atoms. The molecule has 1 aliphatic carbocycles. The normalized spacial score (nSPS) is 28.5. The molecule has 1 aliphatic heterocycles. The zero-order chi connectivity index (χ0) is 14.2. The van der Waals surface area contributed by atoms with E-state index in [-0.39, 0.29) is 5.91 Å². The monoisotopic (exact) mass is 284 g/mol. The number of amides is 1. The molecule has 2 aromatic heterocycles. The van der Waals surface area contributed by atoms with Crippen molar-refractivity contribution in [2.45, 2.75) is 25.3 Å². The molecule has 1 saturated heterocycles. The minimum Gasteiger partial charge on any atom is -0.349 e. The van der Waals surface area contributed by atoms with Crippen LogP contribution in [-0.4, -0.2) is 34.7 Å². The molecule has 2 aromatic rings. The number of hydrogen-bond donors (Lipinski definition) is 2. The molecule has 0 spiro atoms. The first-order valence-electron chi connectivity index (χ1n) is 7.75. The second-order valence-corrected chi connectivity index (χ2v) is 6.25. The second kappa shape index (κ2) is 5.15. The van der Waals surface area contributed by atoms with Gasteiger partial charge in [-0.05, 0) is 56.3 Å². The number of nitrogens with zero attached hydrogens (tertiary/aromatic N) is 2. The fourth-order valence-electron chi connectivity index (χ4n) is 3.80. The van der Waals surface area contributed by atoms with Gasteiger partial charge in [0.2, 0.25) is 0 Å². The lowest BCUT2D eigenvalue weighted by Gasteiger charge is -2.31. The fraction of sp³-hybridized carbons (Fsp3) is 0.500. The number of carbonyl (C=O) groups excluding carboxylic acids is 1. The van der Waals surface area contributed by atoms with E-state index in [0.717, 1.165) is 43.3 Å². The van der Waals surface area contributed by atoms with Crippen molar-refractivity contribution in [2.75, 3.05) is 13.1 Å². The molecule has 3 heterocycles. The van der Waals surface area contributed by atoms with Crippen molar-refractivity contribution in [2.24, 2.45) is 11.8 Å². The average molecular weight is 284 g/mol. The highest BCUT2D eigenvalue weighted by Crippen LogP contribution is 2.32. The van der Waals surface area contributed by atoms with Crippen molar-refractivity contribution in [3.8, 4) is 0 Å². The Morgan fingerprint density at radius 3 is 3.14 bits per heavy atom. The van der Waals surface area contributed by atoms with E-state index < -0.39 is 0 Å². The standard InChI is InChI=1S/C16H20N4O/c21-16(14-10-18-20-6-2-1-3-15(14)20)19-13-5-4-11-8-17-9-12(11)7-13/h1-3,6,10-13,17H,4-5,7-9H2,(H,19,21)/t11-,12+,13?/m0/s1. The van der Waals surface area contributed by atoms with Gasteiger partial charge in [-0.25, -0.2) is 4.52 Å². The summed E-state index contributed by atoms with van der Waals surface area (Å²) in [6, 6.07) is 6.08. The highest BCUT2D eigenvalue weighted by Gasteiger charge is 2.34. The zero-order valence-corrected chi connectivity index (χ0v) is 12.0. The maximum Gasteiger partial charge on any atom is 0.255 e. The average Bonchev–Trinajstić information content (AvgIpc) is 3.13. The summed E-state index contributed by atoms with van der Waals surface area (Å²) in [6.45, 7) is 2.26. The van der Waals surface area contributed by atoms with Crippen LogP contribution < -0.4 is 10.6 Å². The molecule has 1 amide bonds. The van der Waals surface area contributed by atoms with Gasteiger partial charge in [-0.2, -0.15) is 5.10 Å². The Hall–Kier alpha value is -1.88. The minimum absolute atomic E-state index is 0.00519. The van der Waals surface area contributed by atoms with Crippen LogP contribution in [0.2, 0.25) is 0 Å². The summed E-state index contributed by atoms with van der Waals surface area (Å²) in [6.07, 6.45) is 6.93. The summed E-state index contributed by atoms with van der Waals surface area (Å²) in [5.74, 6) is 1.55. The summed E-state index contributed by atoms with van der Waals surface area (Å²) in [5.41, 5.74) is 1.54. The van der Waals surface area contributed by atoms with E-state index in [2.05, 4.69) is 15.7 Å². The van der Waals surface area contributed by atoms with E-state index in [4.69, 9.17) is 0 Å². The van der Waals surface area contributed by atoms with E-state index in [1.54, 1.807) is 10.7 Å². The van der Waals surface area contributed by atoms with Crippen LogP contribution in [0.5, 0.6) is 0 Å². The molecule has 1 unspecified atom stereocenters. The van der Waals surface area contributed by atoms with Crippen LogP contribution in [0.15, 0.2) is 30.6 Å². The maximum absolute atomic E-state index is 12.5. The molecule has 1 saturated carbocycles. The highest BCUT2D eigenvalue weighted by atomic mass is 16.1. The van der Waals surface area contributed by atoms with Gasteiger partial charge in [0.1, 0.15) is 0 Å². The van der Waals surface area contributed by atoms with E-state index in [1.165, 1.54) is 6.42 Å². The molecule has 21 heavy (non-hydrogen) atoms. The van der Waals surface area contributed by atoms with Gasteiger partial charge in [-0.3, -0.25) is 4.79 Å². The number of rotatable bonds is 2. The van der Waals surface area contributed by atoms with Crippen molar-refractivity contribution in [3.63, 3.8) is 0 Å². The van der Waals surface area contributed by atoms with E-state index in [1.807, 2.05) is 24.4 Å². The smallest absolute Gasteiger partial charge is 0.255 e. The lowest BCUT2D eigenvalue weighted by Crippen LogP contribution is -2.40. The van der Waals surface area contributed by atoms with Gasteiger partial charge >= 0.3 is 0 Å². The Bertz CT molecular complexity index is 665. The Morgan fingerprint density at radius 1 is 1.29 bits per heavy atom. The largest absolute Gasteiger partial charge is 0.349 e. The summed E-state index contributed by atoms with van der Waals surface area (Å²) in [7, 11) is 0. The van der Waals surface area contributed by atoms with Crippen molar-refractivity contribution >= 4 is 11.4 Å². The molecule has 0 radical (unpaired) electrons. The molecular weight excluding hydrogens is 264 g/mol. The van der Waals surface area contributed by atoms with Crippen LogP contribution in [0.4, 0.5) is 0 Å². The van der Waals surface area contributed by atoms with Gasteiger partial charge < -0.3 is 10.6 Å². The number of carbonyl (C=O) groups is 1. The van der Waals surface area contributed by atoms with Crippen LogP contribution in [0.25, 0.3) is 5.52 Å². The minimum atomic E-state index is 0.00519. The first-order valence-corrected chi connectivity index (χ1v) is 7.75. The van der Waals surface area contributed by atoms with Gasteiger partial charge in [-0.1, -0.05) is 6.07 Å². The molecular formula is C16H20N4O. The Labute approximate surface area is 123 Å². The molecule has 3 atom stereocenters. The molecule has 5 heteroatoms. The Morgan fingerprint density at radius 2 is 2.19 bits per heavy atom. The van der Waals surface area contributed by atoms with Gasteiger partial charge in [0.25, 0.3) is 5.91 Å². The molecule has 2 N–H and O–H groups in total. The third kappa shape index (κ3) is 2.31. The topological polar surface area (TPSA) is 58.4 Å². The van der Waals surface area contributed by atoms with Crippen LogP contribution in [0, 0.1) is 11.8 Å². The molecule has 4 rings (SSSR count). The van der Waals surface area contributed by atoms with Crippen LogP contribution >= 0.6 is 0 Å². The zero-order valence-electron chi connectivity index (χ0n) is 12.0. The third-order valence-corrected chi connectivity index (χ3v) is 4.96. The third-order valence-electron chi connectivity index (χ3n) is 4.96. The first-order chi connectivity index (χ1) is 10.3. The maximum atomic E-state index is 12.5.